The second kappa shape index (κ2) is 4.45. The quantitative estimate of drug-likeness (QED) is 0.729. The van der Waals surface area contributed by atoms with Crippen molar-refractivity contribution in [2.24, 2.45) is 5.73 Å². The molecular formula is C8H8F3N3O3. The molecule has 1 aromatic rings. The van der Waals surface area contributed by atoms with Crippen molar-refractivity contribution in [1.29, 1.82) is 0 Å². The number of halogens is 3. The highest BCUT2D eigenvalue weighted by Crippen LogP contribution is 2.32. The van der Waals surface area contributed by atoms with Crippen molar-refractivity contribution < 1.29 is 27.8 Å². The SMILES string of the molecule is NCc1ncc(C(=O)O)c(N)c1OC(F)(F)F. The summed E-state index contributed by atoms with van der Waals surface area (Å²) in [7, 11) is 0. The van der Waals surface area contributed by atoms with Gasteiger partial charge in [-0.1, -0.05) is 0 Å². The third-order valence-corrected chi connectivity index (χ3v) is 1.79. The van der Waals surface area contributed by atoms with Crippen LogP contribution in [0.3, 0.4) is 0 Å². The smallest absolute Gasteiger partial charge is 0.478 e. The topological polar surface area (TPSA) is 111 Å². The van der Waals surface area contributed by atoms with E-state index < -0.39 is 29.3 Å². The van der Waals surface area contributed by atoms with E-state index in [0.717, 1.165) is 6.20 Å². The van der Waals surface area contributed by atoms with Gasteiger partial charge in [-0.15, -0.1) is 13.2 Å². The molecule has 0 aliphatic rings. The van der Waals surface area contributed by atoms with Crippen LogP contribution < -0.4 is 16.2 Å². The first-order valence-electron chi connectivity index (χ1n) is 4.22. The maximum Gasteiger partial charge on any atom is 0.573 e. The van der Waals surface area contributed by atoms with E-state index in [1.54, 1.807) is 0 Å². The number of pyridine rings is 1. The first-order chi connectivity index (χ1) is 7.76. The number of ether oxygens (including phenoxy) is 1. The molecule has 0 unspecified atom stereocenters. The Bertz CT molecular complexity index is 448. The molecule has 17 heavy (non-hydrogen) atoms. The number of aromatic nitrogens is 1. The largest absolute Gasteiger partial charge is 0.573 e. The van der Waals surface area contributed by atoms with Gasteiger partial charge in [0.25, 0.3) is 0 Å². The summed E-state index contributed by atoms with van der Waals surface area (Å²) in [5.74, 6) is -2.38. The molecule has 0 radical (unpaired) electrons. The van der Waals surface area contributed by atoms with Crippen molar-refractivity contribution in [3.63, 3.8) is 0 Å². The lowest BCUT2D eigenvalue weighted by molar-refractivity contribution is -0.274. The minimum atomic E-state index is -5.00. The van der Waals surface area contributed by atoms with Crippen LogP contribution in [0.4, 0.5) is 18.9 Å². The lowest BCUT2D eigenvalue weighted by atomic mass is 10.2. The maximum atomic E-state index is 12.1. The molecule has 0 aromatic carbocycles. The van der Waals surface area contributed by atoms with Crippen molar-refractivity contribution in [1.82, 2.24) is 4.98 Å². The highest BCUT2D eigenvalue weighted by molar-refractivity contribution is 5.95. The fraction of sp³-hybridized carbons (Fsp3) is 0.250. The Morgan fingerprint density at radius 1 is 1.53 bits per heavy atom. The van der Waals surface area contributed by atoms with Gasteiger partial charge in [0.05, 0.1) is 11.4 Å². The van der Waals surface area contributed by atoms with Crippen LogP contribution in [0.5, 0.6) is 5.75 Å². The summed E-state index contributed by atoms with van der Waals surface area (Å²) in [6.45, 7) is -0.366. The molecule has 0 atom stereocenters. The van der Waals surface area contributed by atoms with E-state index in [1.165, 1.54) is 0 Å². The van der Waals surface area contributed by atoms with Gasteiger partial charge >= 0.3 is 12.3 Å². The van der Waals surface area contributed by atoms with Crippen LogP contribution in [0.15, 0.2) is 6.20 Å². The number of carboxylic acids is 1. The van der Waals surface area contributed by atoms with E-state index >= 15 is 0 Å². The Morgan fingerprint density at radius 2 is 2.12 bits per heavy atom. The molecule has 6 nitrogen and oxygen atoms in total. The third kappa shape index (κ3) is 2.97. The zero-order valence-electron chi connectivity index (χ0n) is 8.28. The summed E-state index contributed by atoms with van der Waals surface area (Å²) in [6.07, 6.45) is -4.18. The molecule has 0 saturated heterocycles. The van der Waals surface area contributed by atoms with Crippen LogP contribution >= 0.6 is 0 Å². The zero-order valence-corrected chi connectivity index (χ0v) is 8.28. The first-order valence-corrected chi connectivity index (χ1v) is 4.22. The number of carbonyl (C=O) groups is 1. The standard InChI is InChI=1S/C8H8F3N3O3/c9-8(10,11)17-6-4(1-12)14-2-3(5(6)13)7(15)16/h2H,1,12H2,(H2,13,14)(H,15,16). The average molecular weight is 251 g/mol. The van der Waals surface area contributed by atoms with E-state index in [-0.39, 0.29) is 12.2 Å². The van der Waals surface area contributed by atoms with Gasteiger partial charge in [-0.25, -0.2) is 4.79 Å². The van der Waals surface area contributed by atoms with Gasteiger partial charge in [0.15, 0.2) is 5.75 Å². The van der Waals surface area contributed by atoms with Crippen molar-refractivity contribution >= 4 is 11.7 Å². The van der Waals surface area contributed by atoms with Crippen LogP contribution in [0.2, 0.25) is 0 Å². The van der Waals surface area contributed by atoms with Gasteiger partial charge in [0.1, 0.15) is 5.56 Å². The van der Waals surface area contributed by atoms with E-state index in [9.17, 15) is 18.0 Å². The molecule has 0 spiro atoms. The van der Waals surface area contributed by atoms with Crippen molar-refractivity contribution in [3.05, 3.63) is 17.5 Å². The Labute approximate surface area is 93.0 Å². The summed E-state index contributed by atoms with van der Waals surface area (Å²) in [5, 5.41) is 8.66. The number of alkyl halides is 3. The number of hydrogen-bond acceptors (Lipinski definition) is 5. The number of nitrogens with zero attached hydrogens (tertiary/aromatic N) is 1. The summed E-state index contributed by atoms with van der Waals surface area (Å²) in [5.41, 5.74) is 8.90. The number of carboxylic acid groups (broad SMARTS) is 1. The van der Waals surface area contributed by atoms with Crippen LogP contribution in [-0.2, 0) is 6.54 Å². The van der Waals surface area contributed by atoms with E-state index in [0.29, 0.717) is 0 Å². The fourth-order valence-electron chi connectivity index (χ4n) is 1.09. The summed E-state index contributed by atoms with van der Waals surface area (Å²) in [6, 6.07) is 0. The van der Waals surface area contributed by atoms with Crippen LogP contribution in [0, 0.1) is 0 Å². The normalized spacial score (nSPS) is 11.3. The molecule has 5 N–H and O–H groups in total. The highest BCUT2D eigenvalue weighted by Gasteiger charge is 2.34. The van der Waals surface area contributed by atoms with E-state index in [1.807, 2.05) is 0 Å². The molecule has 1 rings (SSSR count). The highest BCUT2D eigenvalue weighted by atomic mass is 19.4. The molecule has 9 heteroatoms. The third-order valence-electron chi connectivity index (χ3n) is 1.79. The molecule has 0 aliphatic carbocycles. The lowest BCUT2D eigenvalue weighted by Gasteiger charge is -2.14. The average Bonchev–Trinajstić information content (AvgIpc) is 2.18. The Kier molecular flexibility index (Phi) is 3.42. The van der Waals surface area contributed by atoms with E-state index in [2.05, 4.69) is 9.72 Å². The fourth-order valence-corrected chi connectivity index (χ4v) is 1.09. The summed E-state index contributed by atoms with van der Waals surface area (Å²) < 4.78 is 39.8. The predicted octanol–water partition coefficient (Wildman–Crippen LogP) is 0.719. The number of nitrogens with two attached hydrogens (primary N) is 2. The number of anilines is 1. The molecule has 0 aliphatic heterocycles. The van der Waals surface area contributed by atoms with Crippen LogP contribution in [-0.4, -0.2) is 22.4 Å². The molecule has 0 amide bonds. The second-order valence-electron chi connectivity index (χ2n) is 2.92. The minimum absolute atomic E-state index is 0.273. The van der Waals surface area contributed by atoms with E-state index in [4.69, 9.17) is 16.6 Å². The predicted molar refractivity (Wildman–Crippen MR) is 50.2 cm³/mol. The van der Waals surface area contributed by atoms with Gasteiger partial charge in [0, 0.05) is 12.7 Å². The van der Waals surface area contributed by atoms with Gasteiger partial charge in [-0.05, 0) is 0 Å². The van der Waals surface area contributed by atoms with Crippen LogP contribution in [0.25, 0.3) is 0 Å². The summed E-state index contributed by atoms with van der Waals surface area (Å²) in [4.78, 5) is 14.1. The maximum absolute atomic E-state index is 12.1. The summed E-state index contributed by atoms with van der Waals surface area (Å²) >= 11 is 0. The Morgan fingerprint density at radius 3 is 2.53 bits per heavy atom. The molecule has 1 aromatic heterocycles. The number of rotatable bonds is 3. The lowest BCUT2D eigenvalue weighted by Crippen LogP contribution is -2.21. The molecule has 0 saturated carbocycles. The molecular weight excluding hydrogens is 243 g/mol. The molecule has 1 heterocycles. The first kappa shape index (κ1) is 13.0. The Hall–Kier alpha value is -2.03. The number of hydrogen-bond donors (Lipinski definition) is 3. The molecule has 0 fully saturated rings. The van der Waals surface area contributed by atoms with Crippen molar-refractivity contribution in [3.8, 4) is 5.75 Å². The molecule has 0 bridgehead atoms. The van der Waals surface area contributed by atoms with Gasteiger partial charge in [0.2, 0.25) is 0 Å². The van der Waals surface area contributed by atoms with Crippen LogP contribution in [0.1, 0.15) is 16.1 Å². The van der Waals surface area contributed by atoms with Crippen molar-refractivity contribution in [2.45, 2.75) is 12.9 Å². The second-order valence-corrected chi connectivity index (χ2v) is 2.92. The van der Waals surface area contributed by atoms with Crippen molar-refractivity contribution in [2.75, 3.05) is 5.73 Å². The minimum Gasteiger partial charge on any atom is -0.478 e. The Balaban J connectivity index is 3.32. The number of aromatic carboxylic acids is 1. The number of nitrogen functional groups attached to an aromatic ring is 1. The van der Waals surface area contributed by atoms with Gasteiger partial charge in [-0.3, -0.25) is 4.98 Å². The monoisotopic (exact) mass is 251 g/mol. The van der Waals surface area contributed by atoms with Gasteiger partial charge < -0.3 is 21.3 Å². The zero-order chi connectivity index (χ0) is 13.2. The molecule has 94 valence electrons. The van der Waals surface area contributed by atoms with Gasteiger partial charge in [-0.2, -0.15) is 0 Å².